The second-order valence-corrected chi connectivity index (χ2v) is 8.54. The molecule has 180 valence electrons. The van der Waals surface area contributed by atoms with Gasteiger partial charge in [0.1, 0.15) is 6.04 Å². The van der Waals surface area contributed by atoms with Gasteiger partial charge in [-0.25, -0.2) is 5.48 Å². The largest absolute Gasteiger partial charge is 0.391 e. The van der Waals surface area contributed by atoms with E-state index in [2.05, 4.69) is 39.9 Å². The van der Waals surface area contributed by atoms with E-state index in [9.17, 15) is 14.7 Å². The molecule has 8 heteroatoms. The van der Waals surface area contributed by atoms with Crippen LogP contribution in [0, 0.1) is 17.8 Å². The third-order valence-electron chi connectivity index (χ3n) is 5.77. The van der Waals surface area contributed by atoms with Gasteiger partial charge in [0.15, 0.2) is 0 Å². The van der Waals surface area contributed by atoms with Crippen LogP contribution in [0.15, 0.2) is 48.5 Å². The Morgan fingerprint density at radius 1 is 1.09 bits per heavy atom. The predicted molar refractivity (Wildman–Crippen MR) is 129 cm³/mol. The molecule has 1 aliphatic heterocycles. The molecule has 6 N–H and O–H groups in total. The van der Waals surface area contributed by atoms with Gasteiger partial charge in [-0.05, 0) is 87.3 Å². The second-order valence-electron chi connectivity index (χ2n) is 8.54. The number of hydrogen-bond donors (Lipinski definition) is 6. The monoisotopic (exact) mass is 464 g/mol. The number of benzene rings is 2. The van der Waals surface area contributed by atoms with Crippen LogP contribution in [0.5, 0.6) is 0 Å². The lowest BCUT2D eigenvalue weighted by atomic mass is 10.00. The van der Waals surface area contributed by atoms with Crippen LogP contribution in [0.4, 0.5) is 0 Å². The van der Waals surface area contributed by atoms with E-state index in [0.29, 0.717) is 11.5 Å². The van der Waals surface area contributed by atoms with Gasteiger partial charge in [0.25, 0.3) is 11.8 Å². The Kier molecular flexibility index (Phi) is 9.62. The Balaban J connectivity index is 1.51. The number of aliphatic hydroxyl groups is 1. The molecule has 0 spiro atoms. The lowest BCUT2D eigenvalue weighted by molar-refractivity contribution is -0.133. The molecule has 0 aliphatic carbocycles. The fraction of sp³-hybridized carbons (Fsp3) is 0.385. The summed E-state index contributed by atoms with van der Waals surface area (Å²) in [7, 11) is 0. The summed E-state index contributed by atoms with van der Waals surface area (Å²) < 4.78 is 0. The summed E-state index contributed by atoms with van der Waals surface area (Å²) in [6, 6.07) is 13.5. The molecule has 3 atom stereocenters. The SMILES string of the molecule is C[C@@H](O)[C@H](NC(=O)c1ccc(C#Cc2ccc(CNCC3CCCNC3)cc2)cc1)C(=O)NO. The molecule has 1 aliphatic rings. The van der Waals surface area contributed by atoms with Crippen molar-refractivity contribution in [2.75, 3.05) is 19.6 Å². The van der Waals surface area contributed by atoms with Crippen molar-refractivity contribution in [3.63, 3.8) is 0 Å². The van der Waals surface area contributed by atoms with Gasteiger partial charge in [-0.15, -0.1) is 0 Å². The zero-order chi connectivity index (χ0) is 24.3. The van der Waals surface area contributed by atoms with Gasteiger partial charge >= 0.3 is 0 Å². The lowest BCUT2D eigenvalue weighted by Crippen LogP contribution is -2.51. The van der Waals surface area contributed by atoms with Crippen molar-refractivity contribution in [3.8, 4) is 11.8 Å². The Bertz CT molecular complexity index is 1000. The molecule has 34 heavy (non-hydrogen) atoms. The summed E-state index contributed by atoms with van der Waals surface area (Å²) in [4.78, 5) is 23.9. The number of carbonyl (C=O) groups is 2. The van der Waals surface area contributed by atoms with E-state index in [1.54, 1.807) is 24.3 Å². The molecule has 2 aromatic carbocycles. The van der Waals surface area contributed by atoms with E-state index in [-0.39, 0.29) is 0 Å². The summed E-state index contributed by atoms with van der Waals surface area (Å²) in [6.45, 7) is 5.43. The Labute approximate surface area is 200 Å². The summed E-state index contributed by atoms with van der Waals surface area (Å²) in [5.41, 5.74) is 4.60. The number of rotatable bonds is 8. The highest BCUT2D eigenvalue weighted by Crippen LogP contribution is 2.10. The lowest BCUT2D eigenvalue weighted by Gasteiger charge is -2.22. The summed E-state index contributed by atoms with van der Waals surface area (Å²) >= 11 is 0. The molecule has 1 heterocycles. The standard InChI is InChI=1S/C26H32N4O4/c1-18(31)24(26(33)30-34)29-25(32)23-12-10-20(11-13-23)5-4-19-6-8-21(9-7-19)15-28-17-22-3-2-14-27-16-22/h6-13,18,22,24,27-28,31,34H,2-3,14-17H2,1H3,(H,29,32)(H,30,33)/t18-,22?,24+/m1/s1. The average Bonchev–Trinajstić information content (AvgIpc) is 2.87. The van der Waals surface area contributed by atoms with Gasteiger partial charge in [0.05, 0.1) is 6.10 Å². The maximum atomic E-state index is 12.3. The molecule has 0 aromatic heterocycles. The van der Waals surface area contributed by atoms with Gasteiger partial charge in [0, 0.05) is 23.2 Å². The first kappa shape index (κ1) is 25.4. The molecule has 2 amide bonds. The van der Waals surface area contributed by atoms with E-state index in [1.165, 1.54) is 30.8 Å². The zero-order valence-corrected chi connectivity index (χ0v) is 19.3. The van der Waals surface area contributed by atoms with Gasteiger partial charge in [-0.2, -0.15) is 0 Å². The molecule has 0 bridgehead atoms. The third-order valence-corrected chi connectivity index (χ3v) is 5.77. The van der Waals surface area contributed by atoms with Crippen molar-refractivity contribution < 1.29 is 19.9 Å². The van der Waals surface area contributed by atoms with Crippen molar-refractivity contribution in [3.05, 3.63) is 70.8 Å². The number of amides is 2. The van der Waals surface area contributed by atoms with Crippen LogP contribution >= 0.6 is 0 Å². The van der Waals surface area contributed by atoms with Crippen molar-refractivity contribution in [2.24, 2.45) is 5.92 Å². The van der Waals surface area contributed by atoms with Gasteiger partial charge in [-0.3, -0.25) is 14.8 Å². The molecule has 2 aromatic rings. The van der Waals surface area contributed by atoms with Crippen LogP contribution in [0.2, 0.25) is 0 Å². The highest BCUT2D eigenvalue weighted by atomic mass is 16.5. The van der Waals surface area contributed by atoms with Crippen LogP contribution in [0.25, 0.3) is 0 Å². The topological polar surface area (TPSA) is 123 Å². The summed E-state index contributed by atoms with van der Waals surface area (Å²) in [6.07, 6.45) is 1.36. The minimum absolute atomic E-state index is 0.308. The van der Waals surface area contributed by atoms with Crippen LogP contribution < -0.4 is 21.4 Å². The van der Waals surface area contributed by atoms with Gasteiger partial charge in [0.2, 0.25) is 0 Å². The first-order valence-corrected chi connectivity index (χ1v) is 11.5. The van der Waals surface area contributed by atoms with Crippen molar-refractivity contribution in [1.29, 1.82) is 0 Å². The minimum atomic E-state index is -1.26. The van der Waals surface area contributed by atoms with Crippen LogP contribution in [0.1, 0.15) is 46.8 Å². The molecule has 8 nitrogen and oxygen atoms in total. The van der Waals surface area contributed by atoms with E-state index in [4.69, 9.17) is 5.21 Å². The molecule has 0 radical (unpaired) electrons. The molecule has 0 saturated carbocycles. The maximum Gasteiger partial charge on any atom is 0.268 e. The summed E-state index contributed by atoms with van der Waals surface area (Å²) in [5.74, 6) is 5.47. The maximum absolute atomic E-state index is 12.3. The molecule has 1 fully saturated rings. The van der Waals surface area contributed by atoms with Crippen molar-refractivity contribution in [1.82, 2.24) is 21.4 Å². The Morgan fingerprint density at radius 3 is 2.29 bits per heavy atom. The van der Waals surface area contributed by atoms with E-state index in [1.807, 2.05) is 12.1 Å². The smallest absolute Gasteiger partial charge is 0.268 e. The van der Waals surface area contributed by atoms with Crippen LogP contribution in [0.3, 0.4) is 0 Å². The fourth-order valence-electron chi connectivity index (χ4n) is 3.77. The summed E-state index contributed by atoms with van der Waals surface area (Å²) in [5, 5.41) is 27.7. The number of carbonyl (C=O) groups excluding carboxylic acids is 2. The molecule has 1 saturated heterocycles. The molecule has 3 rings (SSSR count). The molecular formula is C26H32N4O4. The molecule has 1 unspecified atom stereocenters. The highest BCUT2D eigenvalue weighted by Gasteiger charge is 2.25. The minimum Gasteiger partial charge on any atom is -0.391 e. The Morgan fingerprint density at radius 2 is 1.74 bits per heavy atom. The number of hydrogen-bond acceptors (Lipinski definition) is 6. The second kappa shape index (κ2) is 12.9. The van der Waals surface area contributed by atoms with Crippen LogP contribution in [-0.2, 0) is 11.3 Å². The number of nitrogens with one attached hydrogen (secondary N) is 4. The third kappa shape index (κ3) is 7.68. The van der Waals surface area contributed by atoms with E-state index in [0.717, 1.165) is 37.3 Å². The fourth-order valence-corrected chi connectivity index (χ4v) is 3.77. The van der Waals surface area contributed by atoms with Gasteiger partial charge < -0.3 is 21.1 Å². The first-order valence-electron chi connectivity index (χ1n) is 11.5. The normalized spacial score (nSPS) is 17.1. The zero-order valence-electron chi connectivity index (χ0n) is 19.3. The van der Waals surface area contributed by atoms with E-state index >= 15 is 0 Å². The predicted octanol–water partition coefficient (Wildman–Crippen LogP) is 1.16. The number of hydroxylamine groups is 1. The number of piperidine rings is 1. The van der Waals surface area contributed by atoms with Crippen molar-refractivity contribution >= 4 is 11.8 Å². The van der Waals surface area contributed by atoms with Crippen molar-refractivity contribution in [2.45, 2.75) is 38.5 Å². The van der Waals surface area contributed by atoms with E-state index < -0.39 is 24.0 Å². The Hall–Kier alpha value is -3.22. The van der Waals surface area contributed by atoms with Gasteiger partial charge in [-0.1, -0.05) is 24.0 Å². The highest BCUT2D eigenvalue weighted by molar-refractivity contribution is 5.97. The molecular weight excluding hydrogens is 432 g/mol. The first-order chi connectivity index (χ1) is 16.5. The average molecular weight is 465 g/mol. The number of aliphatic hydroxyl groups excluding tert-OH is 1. The quantitative estimate of drug-likeness (QED) is 0.198. The van der Waals surface area contributed by atoms with Crippen LogP contribution in [-0.4, -0.2) is 53.9 Å².